The van der Waals surface area contributed by atoms with Gasteiger partial charge in [0.25, 0.3) is 5.91 Å². The van der Waals surface area contributed by atoms with E-state index in [2.05, 4.69) is 10.6 Å². The molecular weight excluding hydrogens is 286 g/mol. The summed E-state index contributed by atoms with van der Waals surface area (Å²) in [6, 6.07) is 6.88. The lowest BCUT2D eigenvalue weighted by Gasteiger charge is -2.19. The zero-order chi connectivity index (χ0) is 16.7. The minimum atomic E-state index is -1.20. The summed E-state index contributed by atoms with van der Waals surface area (Å²) in [6.45, 7) is 2.92. The molecule has 0 spiro atoms. The molecule has 0 radical (unpaired) electrons. The van der Waals surface area contributed by atoms with Crippen molar-refractivity contribution < 1.29 is 19.5 Å². The molecule has 0 bridgehead atoms. The fourth-order valence-electron chi connectivity index (χ4n) is 1.88. The molecule has 22 heavy (non-hydrogen) atoms. The molecule has 7 nitrogen and oxygen atoms in total. The van der Waals surface area contributed by atoms with Crippen LogP contribution in [0.4, 0.5) is 5.69 Å². The molecule has 0 aliphatic carbocycles. The first-order chi connectivity index (χ1) is 10.3. The maximum Gasteiger partial charge on any atom is 0.326 e. The van der Waals surface area contributed by atoms with Crippen LogP contribution < -0.4 is 10.6 Å². The monoisotopic (exact) mass is 303 g/mol. The van der Waals surface area contributed by atoms with Crippen molar-refractivity contribution in [1.82, 2.24) is 5.32 Å². The molecule has 0 saturated carbocycles. The van der Waals surface area contributed by atoms with Crippen molar-refractivity contribution in [1.29, 1.82) is 5.26 Å². The van der Waals surface area contributed by atoms with Gasteiger partial charge in [0, 0.05) is 30.5 Å². The minimum absolute atomic E-state index is 0.0170. The lowest BCUT2D eigenvalue weighted by Crippen LogP contribution is -2.45. The topological polar surface area (TPSA) is 119 Å². The van der Waals surface area contributed by atoms with E-state index in [-0.39, 0.29) is 17.9 Å². The number of anilines is 1. The van der Waals surface area contributed by atoms with Gasteiger partial charge in [-0.2, -0.15) is 5.26 Å². The van der Waals surface area contributed by atoms with Gasteiger partial charge in [-0.3, -0.25) is 9.59 Å². The Hall–Kier alpha value is -2.88. The van der Waals surface area contributed by atoms with E-state index in [1.807, 2.05) is 6.07 Å². The van der Waals surface area contributed by atoms with Gasteiger partial charge in [0.15, 0.2) is 0 Å². The largest absolute Gasteiger partial charge is 0.480 e. The van der Waals surface area contributed by atoms with E-state index in [1.54, 1.807) is 19.1 Å². The first-order valence-electron chi connectivity index (χ1n) is 6.63. The second-order valence-electron chi connectivity index (χ2n) is 4.89. The molecule has 0 heterocycles. The second kappa shape index (κ2) is 7.78. The van der Waals surface area contributed by atoms with Gasteiger partial charge in [0.2, 0.25) is 5.91 Å². The number of nitrogens with zero attached hydrogens (tertiary/aromatic N) is 1. The summed E-state index contributed by atoms with van der Waals surface area (Å²) in [5.74, 6) is -2.58. The third-order valence-electron chi connectivity index (χ3n) is 2.98. The van der Waals surface area contributed by atoms with Crippen LogP contribution in [0.1, 0.15) is 30.6 Å². The minimum Gasteiger partial charge on any atom is -0.480 e. The van der Waals surface area contributed by atoms with E-state index in [9.17, 15) is 14.4 Å². The molecule has 116 valence electrons. The molecule has 7 heteroatoms. The van der Waals surface area contributed by atoms with Crippen molar-refractivity contribution in [3.8, 4) is 6.07 Å². The molecule has 0 aliphatic heterocycles. The molecule has 1 rings (SSSR count). The summed E-state index contributed by atoms with van der Waals surface area (Å²) in [5.41, 5.74) is 0.666. The molecule has 3 N–H and O–H groups in total. The van der Waals surface area contributed by atoms with Crippen LogP contribution in [0.2, 0.25) is 0 Å². The van der Waals surface area contributed by atoms with E-state index in [1.165, 1.54) is 19.1 Å². The standard InChI is InChI=1S/C15H17N3O4/c1-9(6-7-16)13(15(21)22)18-14(20)11-4-3-5-12(8-11)17-10(2)19/h3-5,8-9,13H,6H2,1-2H3,(H,17,19)(H,18,20)(H,21,22)/t9-,13+/m1/s1. The first-order valence-corrected chi connectivity index (χ1v) is 6.63. The van der Waals surface area contributed by atoms with Gasteiger partial charge in [0.05, 0.1) is 6.07 Å². The van der Waals surface area contributed by atoms with Crippen molar-refractivity contribution >= 4 is 23.5 Å². The molecule has 1 aromatic carbocycles. The number of carboxylic acid groups (broad SMARTS) is 1. The van der Waals surface area contributed by atoms with Crippen molar-refractivity contribution in [2.45, 2.75) is 26.3 Å². The van der Waals surface area contributed by atoms with Crippen LogP contribution >= 0.6 is 0 Å². The average Bonchev–Trinajstić information content (AvgIpc) is 2.43. The highest BCUT2D eigenvalue weighted by Gasteiger charge is 2.26. The molecule has 0 saturated heterocycles. The van der Waals surface area contributed by atoms with Crippen LogP contribution in [-0.2, 0) is 9.59 Å². The Labute approximate surface area is 127 Å². The SMILES string of the molecule is CC(=O)Nc1cccc(C(=O)N[C@H](C(=O)O)[C@H](C)CC#N)c1. The van der Waals surface area contributed by atoms with Crippen LogP contribution in [0.3, 0.4) is 0 Å². The number of hydrogen-bond acceptors (Lipinski definition) is 4. The lowest BCUT2D eigenvalue weighted by atomic mass is 9.98. The quantitative estimate of drug-likeness (QED) is 0.733. The van der Waals surface area contributed by atoms with Crippen LogP contribution in [0.15, 0.2) is 24.3 Å². The lowest BCUT2D eigenvalue weighted by molar-refractivity contribution is -0.140. The van der Waals surface area contributed by atoms with Crippen LogP contribution in [0, 0.1) is 17.2 Å². The molecule has 2 atom stereocenters. The molecule has 0 aromatic heterocycles. The van der Waals surface area contributed by atoms with Gasteiger partial charge in [-0.15, -0.1) is 0 Å². The number of nitrogens with one attached hydrogen (secondary N) is 2. The summed E-state index contributed by atoms with van der Waals surface area (Å²) in [7, 11) is 0. The summed E-state index contributed by atoms with van der Waals surface area (Å²) < 4.78 is 0. The predicted molar refractivity (Wildman–Crippen MR) is 79.0 cm³/mol. The van der Waals surface area contributed by atoms with Gasteiger partial charge < -0.3 is 15.7 Å². The normalized spacial score (nSPS) is 12.6. The first kappa shape index (κ1) is 17.2. The number of carbonyl (C=O) groups excluding carboxylic acids is 2. The maximum atomic E-state index is 12.1. The molecule has 1 aromatic rings. The van der Waals surface area contributed by atoms with Crippen molar-refractivity contribution in [2.24, 2.45) is 5.92 Å². The van der Waals surface area contributed by atoms with E-state index in [0.717, 1.165) is 0 Å². The molecule has 2 amide bonds. The summed E-state index contributed by atoms with van der Waals surface area (Å²) in [6.07, 6.45) is 0.0170. The summed E-state index contributed by atoms with van der Waals surface area (Å²) in [5, 5.41) is 22.7. The Morgan fingerprint density at radius 1 is 1.36 bits per heavy atom. The maximum absolute atomic E-state index is 12.1. The van der Waals surface area contributed by atoms with Gasteiger partial charge in [0.1, 0.15) is 6.04 Å². The zero-order valence-corrected chi connectivity index (χ0v) is 12.3. The Kier molecular flexibility index (Phi) is 6.08. The Bertz CT molecular complexity index is 621. The second-order valence-corrected chi connectivity index (χ2v) is 4.89. The van der Waals surface area contributed by atoms with Gasteiger partial charge in [-0.25, -0.2) is 4.79 Å². The molecule has 0 fully saturated rings. The van der Waals surface area contributed by atoms with Crippen LogP contribution in [-0.4, -0.2) is 28.9 Å². The predicted octanol–water partition coefficient (Wildman–Crippen LogP) is 1.38. The smallest absolute Gasteiger partial charge is 0.326 e. The Balaban J connectivity index is 2.88. The number of rotatable bonds is 6. The number of carboxylic acids is 1. The number of hydrogen-bond donors (Lipinski definition) is 3. The fourth-order valence-corrected chi connectivity index (χ4v) is 1.88. The molecular formula is C15H17N3O4. The summed E-state index contributed by atoms with van der Waals surface area (Å²) in [4.78, 5) is 34.4. The van der Waals surface area contributed by atoms with Gasteiger partial charge in [-0.1, -0.05) is 13.0 Å². The Morgan fingerprint density at radius 3 is 2.59 bits per heavy atom. The van der Waals surface area contributed by atoms with E-state index >= 15 is 0 Å². The highest BCUT2D eigenvalue weighted by atomic mass is 16.4. The third-order valence-corrected chi connectivity index (χ3v) is 2.98. The molecule has 0 aliphatic rings. The Morgan fingerprint density at radius 2 is 2.05 bits per heavy atom. The summed E-state index contributed by atoms with van der Waals surface area (Å²) >= 11 is 0. The third kappa shape index (κ3) is 4.90. The zero-order valence-electron chi connectivity index (χ0n) is 12.3. The van der Waals surface area contributed by atoms with Gasteiger partial charge >= 0.3 is 5.97 Å². The number of amides is 2. The average molecular weight is 303 g/mol. The number of nitriles is 1. The molecule has 0 unspecified atom stereocenters. The van der Waals surface area contributed by atoms with E-state index in [4.69, 9.17) is 10.4 Å². The van der Waals surface area contributed by atoms with Crippen LogP contribution in [0.5, 0.6) is 0 Å². The van der Waals surface area contributed by atoms with Crippen molar-refractivity contribution in [2.75, 3.05) is 5.32 Å². The highest BCUT2D eigenvalue weighted by Crippen LogP contribution is 2.13. The van der Waals surface area contributed by atoms with Crippen molar-refractivity contribution in [3.63, 3.8) is 0 Å². The van der Waals surface area contributed by atoms with E-state index < -0.39 is 23.8 Å². The van der Waals surface area contributed by atoms with Gasteiger partial charge in [-0.05, 0) is 18.2 Å². The highest BCUT2D eigenvalue weighted by molar-refractivity contribution is 5.98. The van der Waals surface area contributed by atoms with E-state index in [0.29, 0.717) is 5.69 Å². The van der Waals surface area contributed by atoms with Crippen molar-refractivity contribution in [3.05, 3.63) is 29.8 Å². The van der Waals surface area contributed by atoms with Crippen LogP contribution in [0.25, 0.3) is 0 Å². The fraction of sp³-hybridized carbons (Fsp3) is 0.333. The number of carbonyl (C=O) groups is 3. The number of aliphatic carboxylic acids is 1. The number of benzene rings is 1.